The molecule has 0 aliphatic rings. The monoisotopic (exact) mass is 380 g/mol. The molecule has 1 aromatic heterocycles. The lowest BCUT2D eigenvalue weighted by atomic mass is 10.2. The van der Waals surface area contributed by atoms with Gasteiger partial charge in [0.1, 0.15) is 11.5 Å². The first-order chi connectivity index (χ1) is 13.7. The number of benzene rings is 2. The number of hydrogen-bond acceptors (Lipinski definition) is 5. The standard InChI is InChI=1S/C22H24N2O4/c1-3-13-27-19-6-4-5-17(14-19)24-21(25)11-12-22-23-15-20(28-22)16-7-9-18(26-2)10-8-16/h4-10,14-15H,3,11-13H2,1-2H3,(H,24,25). The Labute approximate surface area is 164 Å². The van der Waals surface area contributed by atoms with Gasteiger partial charge in [0.15, 0.2) is 11.7 Å². The lowest BCUT2D eigenvalue weighted by Crippen LogP contribution is -2.12. The second-order valence-electron chi connectivity index (χ2n) is 6.27. The number of rotatable bonds is 9. The van der Waals surface area contributed by atoms with Crippen molar-refractivity contribution in [2.75, 3.05) is 19.0 Å². The topological polar surface area (TPSA) is 73.6 Å². The van der Waals surface area contributed by atoms with Gasteiger partial charge in [0.05, 0.1) is 19.9 Å². The van der Waals surface area contributed by atoms with Gasteiger partial charge in [-0.3, -0.25) is 4.79 Å². The number of hydrogen-bond donors (Lipinski definition) is 1. The lowest BCUT2D eigenvalue weighted by Gasteiger charge is -2.08. The van der Waals surface area contributed by atoms with Gasteiger partial charge in [0, 0.05) is 30.2 Å². The molecule has 0 aliphatic heterocycles. The molecule has 0 saturated heterocycles. The molecule has 0 bridgehead atoms. The minimum Gasteiger partial charge on any atom is -0.497 e. The molecule has 2 aromatic carbocycles. The molecule has 0 atom stereocenters. The van der Waals surface area contributed by atoms with E-state index in [0.29, 0.717) is 30.4 Å². The van der Waals surface area contributed by atoms with E-state index in [0.717, 1.165) is 23.5 Å². The number of nitrogens with one attached hydrogen (secondary N) is 1. The van der Waals surface area contributed by atoms with Crippen molar-refractivity contribution in [3.63, 3.8) is 0 Å². The molecular formula is C22H24N2O4. The third kappa shape index (κ3) is 5.36. The molecule has 6 heteroatoms. The minimum absolute atomic E-state index is 0.100. The molecule has 6 nitrogen and oxygen atoms in total. The normalized spacial score (nSPS) is 10.5. The molecule has 28 heavy (non-hydrogen) atoms. The largest absolute Gasteiger partial charge is 0.497 e. The lowest BCUT2D eigenvalue weighted by molar-refractivity contribution is -0.116. The number of nitrogens with zero attached hydrogens (tertiary/aromatic N) is 1. The highest BCUT2D eigenvalue weighted by Gasteiger charge is 2.10. The zero-order valence-corrected chi connectivity index (χ0v) is 16.1. The first-order valence-corrected chi connectivity index (χ1v) is 9.29. The van der Waals surface area contributed by atoms with E-state index in [9.17, 15) is 4.79 Å². The van der Waals surface area contributed by atoms with E-state index in [4.69, 9.17) is 13.9 Å². The van der Waals surface area contributed by atoms with Gasteiger partial charge in [-0.2, -0.15) is 0 Å². The Hall–Kier alpha value is -3.28. The summed E-state index contributed by atoms with van der Waals surface area (Å²) in [6.07, 6.45) is 3.31. The first kappa shape index (κ1) is 19.5. The van der Waals surface area contributed by atoms with Crippen LogP contribution in [-0.4, -0.2) is 24.6 Å². The fourth-order valence-corrected chi connectivity index (χ4v) is 2.64. The summed E-state index contributed by atoms with van der Waals surface area (Å²) in [5, 5.41) is 2.88. The maximum absolute atomic E-state index is 12.2. The van der Waals surface area contributed by atoms with Gasteiger partial charge < -0.3 is 19.2 Å². The summed E-state index contributed by atoms with van der Waals surface area (Å²) < 4.78 is 16.5. The van der Waals surface area contributed by atoms with E-state index >= 15 is 0 Å². The minimum atomic E-state index is -0.100. The second kappa shape index (κ2) is 9.60. The Bertz CT molecular complexity index is 903. The third-order valence-corrected chi connectivity index (χ3v) is 4.08. The van der Waals surface area contributed by atoms with E-state index in [1.54, 1.807) is 13.3 Å². The molecular weight excluding hydrogens is 356 g/mol. The number of aromatic nitrogens is 1. The molecule has 0 spiro atoms. The summed E-state index contributed by atoms with van der Waals surface area (Å²) in [5.41, 5.74) is 1.62. The Morgan fingerprint density at radius 3 is 2.71 bits per heavy atom. The highest BCUT2D eigenvalue weighted by Crippen LogP contribution is 2.23. The summed E-state index contributed by atoms with van der Waals surface area (Å²) in [5.74, 6) is 2.62. The number of carbonyl (C=O) groups is 1. The molecule has 0 unspecified atom stereocenters. The molecule has 1 heterocycles. The van der Waals surface area contributed by atoms with E-state index in [1.807, 2.05) is 55.5 Å². The number of oxazole rings is 1. The van der Waals surface area contributed by atoms with Gasteiger partial charge in [-0.15, -0.1) is 0 Å². The highest BCUT2D eigenvalue weighted by atomic mass is 16.5. The van der Waals surface area contributed by atoms with Gasteiger partial charge in [-0.05, 0) is 42.8 Å². The number of methoxy groups -OCH3 is 1. The summed E-state index contributed by atoms with van der Waals surface area (Å²) in [6.45, 7) is 2.70. The average Bonchev–Trinajstić information content (AvgIpc) is 3.20. The molecule has 1 N–H and O–H groups in total. The zero-order valence-electron chi connectivity index (χ0n) is 16.1. The van der Waals surface area contributed by atoms with Crippen molar-refractivity contribution in [3.8, 4) is 22.8 Å². The molecule has 0 aliphatic carbocycles. The van der Waals surface area contributed by atoms with Gasteiger partial charge in [-0.25, -0.2) is 4.98 Å². The predicted molar refractivity (Wildman–Crippen MR) is 108 cm³/mol. The van der Waals surface area contributed by atoms with Crippen molar-refractivity contribution >= 4 is 11.6 Å². The van der Waals surface area contributed by atoms with Crippen LogP contribution in [0.5, 0.6) is 11.5 Å². The van der Waals surface area contributed by atoms with Crippen LogP contribution in [0.4, 0.5) is 5.69 Å². The van der Waals surface area contributed by atoms with Crippen LogP contribution in [0, 0.1) is 0 Å². The molecule has 3 rings (SSSR count). The molecule has 3 aromatic rings. The highest BCUT2D eigenvalue weighted by molar-refractivity contribution is 5.90. The second-order valence-corrected chi connectivity index (χ2v) is 6.27. The van der Waals surface area contributed by atoms with Crippen LogP contribution in [0.3, 0.4) is 0 Å². The van der Waals surface area contributed by atoms with Crippen LogP contribution >= 0.6 is 0 Å². The summed E-state index contributed by atoms with van der Waals surface area (Å²) in [4.78, 5) is 16.5. The van der Waals surface area contributed by atoms with Crippen molar-refractivity contribution in [1.29, 1.82) is 0 Å². The van der Waals surface area contributed by atoms with Crippen molar-refractivity contribution in [3.05, 3.63) is 60.6 Å². The predicted octanol–water partition coefficient (Wildman–Crippen LogP) is 4.71. The Morgan fingerprint density at radius 1 is 1.14 bits per heavy atom. The molecule has 1 amide bonds. The van der Waals surface area contributed by atoms with Gasteiger partial charge in [-0.1, -0.05) is 13.0 Å². The number of amides is 1. The van der Waals surface area contributed by atoms with Crippen molar-refractivity contribution < 1.29 is 18.7 Å². The number of anilines is 1. The zero-order chi connectivity index (χ0) is 19.8. The van der Waals surface area contributed by atoms with Gasteiger partial charge in [0.2, 0.25) is 5.91 Å². The van der Waals surface area contributed by atoms with Gasteiger partial charge >= 0.3 is 0 Å². The van der Waals surface area contributed by atoms with E-state index in [-0.39, 0.29) is 12.3 Å². The molecule has 0 saturated carbocycles. The Kier molecular flexibility index (Phi) is 6.68. The van der Waals surface area contributed by atoms with Crippen LogP contribution in [0.2, 0.25) is 0 Å². The maximum atomic E-state index is 12.2. The average molecular weight is 380 g/mol. The molecule has 0 radical (unpaired) electrons. The summed E-state index contributed by atoms with van der Waals surface area (Å²) >= 11 is 0. The Balaban J connectivity index is 1.53. The van der Waals surface area contributed by atoms with E-state index in [2.05, 4.69) is 10.3 Å². The first-order valence-electron chi connectivity index (χ1n) is 9.29. The van der Waals surface area contributed by atoms with Crippen molar-refractivity contribution in [1.82, 2.24) is 4.98 Å². The van der Waals surface area contributed by atoms with Crippen LogP contribution in [-0.2, 0) is 11.2 Å². The Morgan fingerprint density at radius 2 is 1.96 bits per heavy atom. The van der Waals surface area contributed by atoms with E-state index < -0.39 is 0 Å². The third-order valence-electron chi connectivity index (χ3n) is 4.08. The number of carbonyl (C=O) groups excluding carboxylic acids is 1. The number of aryl methyl sites for hydroxylation is 1. The maximum Gasteiger partial charge on any atom is 0.224 e. The van der Waals surface area contributed by atoms with Crippen molar-refractivity contribution in [2.45, 2.75) is 26.2 Å². The summed E-state index contributed by atoms with van der Waals surface area (Å²) in [7, 11) is 1.63. The van der Waals surface area contributed by atoms with Crippen LogP contribution in [0.25, 0.3) is 11.3 Å². The smallest absolute Gasteiger partial charge is 0.224 e. The number of ether oxygens (including phenoxy) is 2. The van der Waals surface area contributed by atoms with Crippen LogP contribution < -0.4 is 14.8 Å². The van der Waals surface area contributed by atoms with Crippen LogP contribution in [0.1, 0.15) is 25.7 Å². The summed E-state index contributed by atoms with van der Waals surface area (Å²) in [6, 6.07) is 14.9. The fourth-order valence-electron chi connectivity index (χ4n) is 2.64. The van der Waals surface area contributed by atoms with Crippen molar-refractivity contribution in [2.24, 2.45) is 0 Å². The van der Waals surface area contributed by atoms with Gasteiger partial charge in [0.25, 0.3) is 0 Å². The molecule has 0 fully saturated rings. The van der Waals surface area contributed by atoms with Crippen LogP contribution in [0.15, 0.2) is 59.1 Å². The SMILES string of the molecule is CCCOc1cccc(NC(=O)CCc2ncc(-c3ccc(OC)cc3)o2)c1. The van der Waals surface area contributed by atoms with E-state index in [1.165, 1.54) is 0 Å². The fraction of sp³-hybridized carbons (Fsp3) is 0.273. The molecule has 146 valence electrons. The quantitative estimate of drug-likeness (QED) is 0.582.